The van der Waals surface area contributed by atoms with E-state index in [1.54, 1.807) is 0 Å². The molecule has 4 heteroatoms. The molecule has 1 heterocycles. The average molecular weight is 187 g/mol. The first-order valence-corrected chi connectivity index (χ1v) is 4.68. The van der Waals surface area contributed by atoms with Crippen LogP contribution in [-0.2, 0) is 14.3 Å². The molecule has 0 amide bonds. The van der Waals surface area contributed by atoms with Crippen LogP contribution in [0, 0.1) is 5.92 Å². The maximum Gasteiger partial charge on any atom is 0.306 e. The van der Waals surface area contributed by atoms with Crippen LogP contribution >= 0.6 is 0 Å². The second-order valence-electron chi connectivity index (χ2n) is 3.26. The molecule has 1 unspecified atom stereocenters. The van der Waals surface area contributed by atoms with Crippen molar-refractivity contribution in [2.24, 2.45) is 5.92 Å². The first-order valence-electron chi connectivity index (χ1n) is 4.68. The molecule has 0 spiro atoms. The number of rotatable bonds is 5. The van der Waals surface area contributed by atoms with E-state index in [0.717, 1.165) is 26.2 Å². The van der Waals surface area contributed by atoms with Crippen LogP contribution in [0.4, 0.5) is 0 Å². The summed E-state index contributed by atoms with van der Waals surface area (Å²) in [6.07, 6.45) is 1.58. The van der Waals surface area contributed by atoms with Crippen LogP contribution in [0.15, 0.2) is 0 Å². The van der Waals surface area contributed by atoms with Gasteiger partial charge in [-0.05, 0) is 12.3 Å². The highest BCUT2D eigenvalue weighted by molar-refractivity contribution is 5.69. The van der Waals surface area contributed by atoms with Crippen molar-refractivity contribution in [2.45, 2.75) is 12.8 Å². The zero-order chi connectivity index (χ0) is 9.52. The van der Waals surface area contributed by atoms with Crippen LogP contribution in [0.25, 0.3) is 0 Å². The predicted molar refractivity (Wildman–Crippen MR) is 48.4 cm³/mol. The predicted octanol–water partition coefficient (Wildman–Crippen LogP) is 0.176. The van der Waals surface area contributed by atoms with Crippen molar-refractivity contribution < 1.29 is 14.3 Å². The van der Waals surface area contributed by atoms with Crippen LogP contribution in [0.2, 0.25) is 0 Å². The summed E-state index contributed by atoms with van der Waals surface area (Å²) in [6.45, 7) is 3.37. The smallest absolute Gasteiger partial charge is 0.306 e. The zero-order valence-corrected chi connectivity index (χ0v) is 8.04. The molecule has 1 fully saturated rings. The summed E-state index contributed by atoms with van der Waals surface area (Å²) in [4.78, 5) is 10.7. The highest BCUT2D eigenvalue weighted by atomic mass is 16.5. The molecule has 13 heavy (non-hydrogen) atoms. The standard InChI is InChI=1S/C9H17NO3/c1-12-9(11)2-4-10-6-8-3-5-13-7-8/h8,10H,2-7H2,1H3. The lowest BCUT2D eigenvalue weighted by Crippen LogP contribution is -2.25. The quantitative estimate of drug-likeness (QED) is 0.492. The molecule has 0 bridgehead atoms. The van der Waals surface area contributed by atoms with E-state index < -0.39 is 0 Å². The second-order valence-corrected chi connectivity index (χ2v) is 3.26. The molecule has 0 radical (unpaired) electrons. The van der Waals surface area contributed by atoms with E-state index in [9.17, 15) is 4.79 Å². The lowest BCUT2D eigenvalue weighted by atomic mass is 10.1. The van der Waals surface area contributed by atoms with E-state index in [1.165, 1.54) is 7.11 Å². The number of methoxy groups -OCH3 is 1. The third-order valence-electron chi connectivity index (χ3n) is 2.19. The first kappa shape index (κ1) is 10.5. The largest absolute Gasteiger partial charge is 0.469 e. The summed E-state index contributed by atoms with van der Waals surface area (Å²) in [5, 5.41) is 3.21. The Kier molecular flexibility index (Phi) is 4.78. The molecule has 1 atom stereocenters. The average Bonchev–Trinajstić information content (AvgIpc) is 2.64. The Hall–Kier alpha value is -0.610. The fourth-order valence-electron chi connectivity index (χ4n) is 1.34. The third kappa shape index (κ3) is 4.24. The minimum atomic E-state index is -0.157. The molecule has 0 aromatic heterocycles. The SMILES string of the molecule is COC(=O)CCNCC1CCOC1. The fourth-order valence-corrected chi connectivity index (χ4v) is 1.34. The third-order valence-corrected chi connectivity index (χ3v) is 2.19. The number of carbonyl (C=O) groups excluding carboxylic acids is 1. The van der Waals surface area contributed by atoms with E-state index in [1.807, 2.05) is 0 Å². The van der Waals surface area contributed by atoms with Crippen LogP contribution in [0.1, 0.15) is 12.8 Å². The molecule has 1 aliphatic rings. The Labute approximate surface area is 78.6 Å². The summed E-state index contributed by atoms with van der Waals surface area (Å²) in [5.74, 6) is 0.466. The molecule has 0 aromatic rings. The molecule has 1 rings (SSSR count). The first-order chi connectivity index (χ1) is 6.33. The normalized spacial score (nSPS) is 21.8. The van der Waals surface area contributed by atoms with Gasteiger partial charge in [-0.2, -0.15) is 0 Å². The van der Waals surface area contributed by atoms with Gasteiger partial charge in [0.2, 0.25) is 0 Å². The van der Waals surface area contributed by atoms with Gasteiger partial charge in [0.25, 0.3) is 0 Å². The van der Waals surface area contributed by atoms with Crippen LogP contribution < -0.4 is 5.32 Å². The minimum absolute atomic E-state index is 0.157. The van der Waals surface area contributed by atoms with E-state index in [4.69, 9.17) is 4.74 Å². The lowest BCUT2D eigenvalue weighted by molar-refractivity contribution is -0.140. The van der Waals surface area contributed by atoms with Crippen molar-refractivity contribution in [3.63, 3.8) is 0 Å². The second kappa shape index (κ2) is 5.94. The molecule has 1 saturated heterocycles. The molecular formula is C9H17NO3. The van der Waals surface area contributed by atoms with E-state index >= 15 is 0 Å². The van der Waals surface area contributed by atoms with Gasteiger partial charge in [-0.1, -0.05) is 0 Å². The van der Waals surface area contributed by atoms with Crippen molar-refractivity contribution in [2.75, 3.05) is 33.4 Å². The van der Waals surface area contributed by atoms with Crippen molar-refractivity contribution in [3.05, 3.63) is 0 Å². The van der Waals surface area contributed by atoms with Gasteiger partial charge in [-0.25, -0.2) is 0 Å². The summed E-state index contributed by atoms with van der Waals surface area (Å²) < 4.78 is 9.74. The Morgan fingerprint density at radius 2 is 2.54 bits per heavy atom. The number of hydrogen-bond donors (Lipinski definition) is 1. The molecule has 0 saturated carbocycles. The van der Waals surface area contributed by atoms with Gasteiger partial charge in [-0.3, -0.25) is 4.79 Å². The van der Waals surface area contributed by atoms with Crippen molar-refractivity contribution >= 4 is 5.97 Å². The number of nitrogens with one attached hydrogen (secondary N) is 1. The summed E-state index contributed by atoms with van der Waals surface area (Å²) >= 11 is 0. The van der Waals surface area contributed by atoms with Crippen LogP contribution in [0.3, 0.4) is 0 Å². The minimum Gasteiger partial charge on any atom is -0.469 e. The Morgan fingerprint density at radius 1 is 1.69 bits per heavy atom. The van der Waals surface area contributed by atoms with Crippen molar-refractivity contribution in [1.29, 1.82) is 0 Å². The number of hydrogen-bond acceptors (Lipinski definition) is 4. The Bertz CT molecular complexity index is 155. The Morgan fingerprint density at radius 3 is 3.15 bits per heavy atom. The van der Waals surface area contributed by atoms with Gasteiger partial charge in [0, 0.05) is 19.7 Å². The van der Waals surface area contributed by atoms with Gasteiger partial charge in [0.1, 0.15) is 0 Å². The lowest BCUT2D eigenvalue weighted by Gasteiger charge is -2.08. The molecule has 0 aromatic carbocycles. The molecule has 0 aliphatic carbocycles. The molecule has 4 nitrogen and oxygen atoms in total. The number of carbonyl (C=O) groups is 1. The Balaban J connectivity index is 1.91. The monoisotopic (exact) mass is 187 g/mol. The highest BCUT2D eigenvalue weighted by Crippen LogP contribution is 2.10. The zero-order valence-electron chi connectivity index (χ0n) is 8.04. The van der Waals surface area contributed by atoms with Crippen molar-refractivity contribution in [3.8, 4) is 0 Å². The van der Waals surface area contributed by atoms with Crippen molar-refractivity contribution in [1.82, 2.24) is 5.32 Å². The van der Waals surface area contributed by atoms with Gasteiger partial charge < -0.3 is 14.8 Å². The van der Waals surface area contributed by atoms with E-state index in [2.05, 4.69) is 10.1 Å². The topological polar surface area (TPSA) is 47.6 Å². The summed E-state index contributed by atoms with van der Waals surface area (Å²) in [5.41, 5.74) is 0. The van der Waals surface area contributed by atoms with Gasteiger partial charge in [0.05, 0.1) is 20.1 Å². The molecule has 1 aliphatic heterocycles. The number of ether oxygens (including phenoxy) is 2. The van der Waals surface area contributed by atoms with E-state index in [-0.39, 0.29) is 5.97 Å². The summed E-state index contributed by atoms with van der Waals surface area (Å²) in [7, 11) is 1.41. The summed E-state index contributed by atoms with van der Waals surface area (Å²) in [6, 6.07) is 0. The highest BCUT2D eigenvalue weighted by Gasteiger charge is 2.14. The van der Waals surface area contributed by atoms with Crippen LogP contribution in [0.5, 0.6) is 0 Å². The fraction of sp³-hybridized carbons (Fsp3) is 0.889. The molecule has 76 valence electrons. The van der Waals surface area contributed by atoms with E-state index in [0.29, 0.717) is 18.9 Å². The van der Waals surface area contributed by atoms with Crippen LogP contribution in [-0.4, -0.2) is 39.4 Å². The molecule has 1 N–H and O–H groups in total. The maximum absolute atomic E-state index is 10.7. The maximum atomic E-state index is 10.7. The number of esters is 1. The van der Waals surface area contributed by atoms with Gasteiger partial charge in [-0.15, -0.1) is 0 Å². The van der Waals surface area contributed by atoms with Gasteiger partial charge in [0.15, 0.2) is 0 Å². The van der Waals surface area contributed by atoms with Gasteiger partial charge >= 0.3 is 5.97 Å². The molecular weight excluding hydrogens is 170 g/mol.